The quantitative estimate of drug-likeness (QED) is 0.352. The summed E-state index contributed by atoms with van der Waals surface area (Å²) < 4.78 is 6.09. The Morgan fingerprint density at radius 1 is 0.892 bits per heavy atom. The summed E-state index contributed by atoms with van der Waals surface area (Å²) in [5.41, 5.74) is 2.71. The van der Waals surface area contributed by atoms with E-state index in [-0.39, 0.29) is 45.1 Å². The SMILES string of the molecule is C[C@@H]1C[C@H]2C(=O)C=C3C(CC[C@]4(C)[C@@H](C(C)(C)[C@H]5CC(C(C)(C)C)=CC(=O)O5)CC[C@@]34C)[C@@]2(C)C[C@@H]1C. The number of hydrogen-bond donors (Lipinski definition) is 0. The molecule has 1 heterocycles. The molecule has 1 unspecified atom stereocenters. The molecule has 3 heteroatoms. The van der Waals surface area contributed by atoms with Gasteiger partial charge in [-0.1, -0.05) is 80.4 Å². The van der Waals surface area contributed by atoms with Crippen molar-refractivity contribution in [1.29, 1.82) is 0 Å². The summed E-state index contributed by atoms with van der Waals surface area (Å²) in [4.78, 5) is 26.4. The van der Waals surface area contributed by atoms with Crippen molar-refractivity contribution in [2.75, 3.05) is 0 Å². The topological polar surface area (TPSA) is 43.4 Å². The lowest BCUT2D eigenvalue weighted by Crippen LogP contribution is -2.57. The molecule has 206 valence electrons. The Morgan fingerprint density at radius 3 is 2.22 bits per heavy atom. The van der Waals surface area contributed by atoms with Gasteiger partial charge in [0.2, 0.25) is 0 Å². The summed E-state index contributed by atoms with van der Waals surface area (Å²) in [6.07, 6.45) is 11.5. The molecule has 0 amide bonds. The van der Waals surface area contributed by atoms with Crippen molar-refractivity contribution in [2.24, 2.45) is 56.7 Å². The van der Waals surface area contributed by atoms with Crippen molar-refractivity contribution < 1.29 is 14.3 Å². The molecule has 0 N–H and O–H groups in total. The molecule has 3 fully saturated rings. The predicted molar refractivity (Wildman–Crippen MR) is 150 cm³/mol. The van der Waals surface area contributed by atoms with E-state index in [1.54, 1.807) is 6.08 Å². The van der Waals surface area contributed by atoms with Crippen LogP contribution < -0.4 is 0 Å². The standard InChI is InChI=1S/C34H52O3/c1-20-15-25-26(35)18-24-23(32(25,8)19-21(20)2)11-13-34(10)27(12-14-33(24,34)9)31(6,7)28-16-22(30(3,4)5)17-29(36)37-28/h17-18,20-21,23,25,27-28H,11-16,19H2,1-10H3/t20-,21+,23?,25+,27-,28-,32-,33+,34-/m1/s1. The van der Waals surface area contributed by atoms with E-state index in [0.29, 0.717) is 29.5 Å². The maximum atomic E-state index is 13.7. The third kappa shape index (κ3) is 3.79. The summed E-state index contributed by atoms with van der Waals surface area (Å²) in [7, 11) is 0. The van der Waals surface area contributed by atoms with Crippen LogP contribution in [0.25, 0.3) is 0 Å². The van der Waals surface area contributed by atoms with Gasteiger partial charge in [0.05, 0.1) is 0 Å². The molecule has 0 aromatic rings. The number of carbonyl (C=O) groups is 2. The highest BCUT2D eigenvalue weighted by molar-refractivity contribution is 5.94. The Kier molecular flexibility index (Phi) is 6.11. The fraction of sp³-hybridized carbons (Fsp3) is 0.824. The Bertz CT molecular complexity index is 1060. The fourth-order valence-corrected chi connectivity index (χ4v) is 10.2. The molecule has 0 aromatic carbocycles. The number of allylic oxidation sites excluding steroid dienone is 2. The van der Waals surface area contributed by atoms with Gasteiger partial charge in [0.1, 0.15) is 6.10 Å². The first kappa shape index (κ1) is 27.2. The average Bonchev–Trinajstić information content (AvgIpc) is 3.07. The molecule has 0 radical (unpaired) electrons. The van der Waals surface area contributed by atoms with Crippen LogP contribution in [-0.2, 0) is 14.3 Å². The molecule has 0 saturated heterocycles. The lowest BCUT2D eigenvalue weighted by atomic mass is 9.42. The van der Waals surface area contributed by atoms with Gasteiger partial charge in [-0.05, 0) is 89.9 Å². The van der Waals surface area contributed by atoms with Crippen molar-refractivity contribution >= 4 is 11.8 Å². The fourth-order valence-electron chi connectivity index (χ4n) is 10.2. The Hall–Kier alpha value is -1.38. The maximum absolute atomic E-state index is 13.7. The van der Waals surface area contributed by atoms with Gasteiger partial charge in [0.15, 0.2) is 5.78 Å². The zero-order valence-electron chi connectivity index (χ0n) is 25.3. The minimum atomic E-state index is -0.177. The van der Waals surface area contributed by atoms with Crippen molar-refractivity contribution in [3.8, 4) is 0 Å². The van der Waals surface area contributed by atoms with Crippen molar-refractivity contribution in [3.63, 3.8) is 0 Å². The number of fused-ring (bicyclic) bond motifs is 5. The first-order chi connectivity index (χ1) is 16.9. The second-order valence-electron chi connectivity index (χ2n) is 16.3. The Balaban J connectivity index is 1.49. The lowest BCUT2D eigenvalue weighted by Gasteiger charge is -2.62. The number of ketones is 1. The van der Waals surface area contributed by atoms with Crippen LogP contribution in [0.1, 0.15) is 114 Å². The number of hydrogen-bond acceptors (Lipinski definition) is 3. The number of carbonyl (C=O) groups excluding carboxylic acids is 2. The van der Waals surface area contributed by atoms with Crippen LogP contribution in [0.4, 0.5) is 0 Å². The molecule has 5 aliphatic rings. The zero-order chi connectivity index (χ0) is 27.3. The molecule has 0 aromatic heterocycles. The van der Waals surface area contributed by atoms with E-state index < -0.39 is 0 Å². The summed E-state index contributed by atoms with van der Waals surface area (Å²) in [6, 6.07) is 0. The van der Waals surface area contributed by atoms with Crippen molar-refractivity contribution in [1.82, 2.24) is 0 Å². The van der Waals surface area contributed by atoms with Gasteiger partial charge in [-0.15, -0.1) is 0 Å². The molecule has 3 saturated carbocycles. The zero-order valence-corrected chi connectivity index (χ0v) is 25.3. The molecule has 5 rings (SSSR count). The van der Waals surface area contributed by atoms with Crippen LogP contribution in [-0.4, -0.2) is 17.9 Å². The molecule has 9 atom stereocenters. The third-order valence-electron chi connectivity index (χ3n) is 13.1. The van der Waals surface area contributed by atoms with Gasteiger partial charge >= 0.3 is 5.97 Å². The number of cyclic esters (lactones) is 1. The van der Waals surface area contributed by atoms with Crippen LogP contribution >= 0.6 is 0 Å². The van der Waals surface area contributed by atoms with Gasteiger partial charge in [0.25, 0.3) is 0 Å². The highest BCUT2D eigenvalue weighted by atomic mass is 16.5. The van der Waals surface area contributed by atoms with Gasteiger partial charge < -0.3 is 4.74 Å². The number of rotatable bonds is 2. The van der Waals surface area contributed by atoms with Gasteiger partial charge in [-0.2, -0.15) is 0 Å². The van der Waals surface area contributed by atoms with Gasteiger partial charge in [0, 0.05) is 23.8 Å². The van der Waals surface area contributed by atoms with E-state index >= 15 is 0 Å². The van der Waals surface area contributed by atoms with E-state index in [2.05, 4.69) is 75.3 Å². The summed E-state index contributed by atoms with van der Waals surface area (Å²) in [5, 5.41) is 0. The Labute approximate surface area is 226 Å². The average molecular weight is 509 g/mol. The van der Waals surface area contributed by atoms with E-state index in [1.807, 2.05) is 0 Å². The number of ether oxygens (including phenoxy) is 1. The number of esters is 1. The largest absolute Gasteiger partial charge is 0.458 e. The molecular formula is C34H52O3. The second kappa shape index (κ2) is 8.31. The van der Waals surface area contributed by atoms with Crippen molar-refractivity contribution in [3.05, 3.63) is 23.3 Å². The van der Waals surface area contributed by atoms with Crippen LogP contribution in [0.3, 0.4) is 0 Å². The molecular weight excluding hydrogens is 456 g/mol. The molecule has 0 spiro atoms. The first-order valence-corrected chi connectivity index (χ1v) is 15.1. The van der Waals surface area contributed by atoms with Gasteiger partial charge in [-0.25, -0.2) is 4.79 Å². The lowest BCUT2D eigenvalue weighted by molar-refractivity contribution is -0.159. The van der Waals surface area contributed by atoms with Crippen LogP contribution in [0.2, 0.25) is 0 Å². The Morgan fingerprint density at radius 2 is 1.57 bits per heavy atom. The molecule has 4 aliphatic carbocycles. The van der Waals surface area contributed by atoms with E-state index in [4.69, 9.17) is 4.74 Å². The molecule has 1 aliphatic heterocycles. The predicted octanol–water partition coefficient (Wildman–Crippen LogP) is 8.33. The summed E-state index contributed by atoms with van der Waals surface area (Å²) in [6.45, 7) is 23.5. The summed E-state index contributed by atoms with van der Waals surface area (Å²) >= 11 is 0. The van der Waals surface area contributed by atoms with Crippen LogP contribution in [0.15, 0.2) is 23.3 Å². The minimum absolute atomic E-state index is 0.0230. The van der Waals surface area contributed by atoms with E-state index in [1.165, 1.54) is 30.4 Å². The van der Waals surface area contributed by atoms with Crippen molar-refractivity contribution in [2.45, 2.75) is 120 Å². The first-order valence-electron chi connectivity index (χ1n) is 15.1. The molecule has 0 bridgehead atoms. The third-order valence-corrected chi connectivity index (χ3v) is 13.1. The summed E-state index contributed by atoms with van der Waals surface area (Å²) in [5.74, 6) is 2.69. The van der Waals surface area contributed by atoms with Crippen LogP contribution in [0, 0.1) is 56.7 Å². The van der Waals surface area contributed by atoms with Crippen LogP contribution in [0.5, 0.6) is 0 Å². The smallest absolute Gasteiger partial charge is 0.331 e. The second-order valence-corrected chi connectivity index (χ2v) is 16.3. The van der Waals surface area contributed by atoms with E-state index in [0.717, 1.165) is 25.7 Å². The molecule has 3 nitrogen and oxygen atoms in total. The maximum Gasteiger partial charge on any atom is 0.331 e. The van der Waals surface area contributed by atoms with Gasteiger partial charge in [-0.3, -0.25) is 4.79 Å². The highest BCUT2D eigenvalue weighted by Crippen LogP contribution is 2.73. The van der Waals surface area contributed by atoms with E-state index in [9.17, 15) is 9.59 Å². The molecule has 37 heavy (non-hydrogen) atoms. The highest BCUT2D eigenvalue weighted by Gasteiger charge is 2.67. The minimum Gasteiger partial charge on any atom is -0.458 e. The normalized spacial score (nSPS) is 46.3. The monoisotopic (exact) mass is 508 g/mol.